The molecule has 1 heterocycles. The Bertz CT molecular complexity index is 204. The van der Waals surface area contributed by atoms with Crippen LogP contribution >= 0.6 is 0 Å². The molecule has 0 spiro atoms. The van der Waals surface area contributed by atoms with E-state index < -0.39 is 0 Å². The van der Waals surface area contributed by atoms with Crippen LogP contribution in [-0.4, -0.2) is 24.5 Å². The van der Waals surface area contributed by atoms with E-state index in [0.29, 0.717) is 5.41 Å². The standard InChI is InChI=1S/C15H29N/c1-15(2,3)9-10-16-11-14(12-16)13-7-5-4-6-8-13/h13-14H,4-12H2,1-3H3. The van der Waals surface area contributed by atoms with E-state index in [1.807, 2.05) is 0 Å². The number of nitrogens with zero attached hydrogens (tertiary/aromatic N) is 1. The van der Waals surface area contributed by atoms with Crippen molar-refractivity contribution in [2.45, 2.75) is 59.3 Å². The molecule has 0 radical (unpaired) electrons. The molecule has 16 heavy (non-hydrogen) atoms. The molecular formula is C15H29N. The van der Waals surface area contributed by atoms with Crippen molar-refractivity contribution in [2.24, 2.45) is 17.3 Å². The first-order valence-electron chi connectivity index (χ1n) is 7.27. The summed E-state index contributed by atoms with van der Waals surface area (Å²) in [5.74, 6) is 2.14. The van der Waals surface area contributed by atoms with Gasteiger partial charge >= 0.3 is 0 Å². The number of likely N-dealkylation sites (tertiary alicyclic amines) is 1. The van der Waals surface area contributed by atoms with Crippen molar-refractivity contribution in [1.29, 1.82) is 0 Å². The van der Waals surface area contributed by atoms with Gasteiger partial charge in [-0.2, -0.15) is 0 Å². The summed E-state index contributed by atoms with van der Waals surface area (Å²) in [6, 6.07) is 0. The van der Waals surface area contributed by atoms with Crippen LogP contribution in [0.1, 0.15) is 59.3 Å². The molecule has 1 saturated carbocycles. The second kappa shape index (κ2) is 5.08. The minimum atomic E-state index is 0.510. The maximum Gasteiger partial charge on any atom is 0.00247 e. The maximum atomic E-state index is 2.67. The zero-order chi connectivity index (χ0) is 11.6. The molecule has 0 unspecified atom stereocenters. The summed E-state index contributed by atoms with van der Waals surface area (Å²) in [5.41, 5.74) is 0.510. The largest absolute Gasteiger partial charge is 0.303 e. The molecular weight excluding hydrogens is 194 g/mol. The van der Waals surface area contributed by atoms with Crippen molar-refractivity contribution in [2.75, 3.05) is 19.6 Å². The van der Waals surface area contributed by atoms with Gasteiger partial charge in [0.15, 0.2) is 0 Å². The van der Waals surface area contributed by atoms with Crippen molar-refractivity contribution in [3.05, 3.63) is 0 Å². The first-order valence-corrected chi connectivity index (χ1v) is 7.27. The minimum Gasteiger partial charge on any atom is -0.303 e. The highest BCUT2D eigenvalue weighted by atomic mass is 15.2. The van der Waals surface area contributed by atoms with Gasteiger partial charge in [-0.15, -0.1) is 0 Å². The molecule has 0 aromatic carbocycles. The summed E-state index contributed by atoms with van der Waals surface area (Å²) < 4.78 is 0. The zero-order valence-corrected chi connectivity index (χ0v) is 11.5. The second-order valence-electron chi connectivity index (χ2n) is 7.23. The molecule has 0 N–H and O–H groups in total. The summed E-state index contributed by atoms with van der Waals surface area (Å²) in [4.78, 5) is 2.67. The number of rotatable bonds is 3. The lowest BCUT2D eigenvalue weighted by molar-refractivity contribution is 0.0352. The first-order chi connectivity index (χ1) is 7.54. The third kappa shape index (κ3) is 3.48. The van der Waals surface area contributed by atoms with Crippen molar-refractivity contribution in [3.8, 4) is 0 Å². The molecule has 94 valence electrons. The summed E-state index contributed by atoms with van der Waals surface area (Å²) in [6.07, 6.45) is 8.91. The van der Waals surface area contributed by atoms with Gasteiger partial charge in [-0.1, -0.05) is 52.9 Å². The average molecular weight is 223 g/mol. The van der Waals surface area contributed by atoms with E-state index in [-0.39, 0.29) is 0 Å². The lowest BCUT2D eigenvalue weighted by Gasteiger charge is -2.45. The normalized spacial score (nSPS) is 25.7. The lowest BCUT2D eigenvalue weighted by Crippen LogP contribution is -2.50. The Morgan fingerprint density at radius 1 is 0.938 bits per heavy atom. The Kier molecular flexibility index (Phi) is 3.94. The van der Waals surface area contributed by atoms with Gasteiger partial charge in [-0.3, -0.25) is 0 Å². The number of hydrogen-bond acceptors (Lipinski definition) is 1. The van der Waals surface area contributed by atoms with E-state index >= 15 is 0 Å². The van der Waals surface area contributed by atoms with Gasteiger partial charge in [0, 0.05) is 13.1 Å². The van der Waals surface area contributed by atoms with Gasteiger partial charge in [-0.25, -0.2) is 0 Å². The van der Waals surface area contributed by atoms with Gasteiger partial charge in [0.05, 0.1) is 0 Å². The van der Waals surface area contributed by atoms with Gasteiger partial charge < -0.3 is 4.90 Å². The third-order valence-corrected chi connectivity index (χ3v) is 4.48. The van der Waals surface area contributed by atoms with E-state index in [1.165, 1.54) is 58.2 Å². The first kappa shape index (κ1) is 12.4. The van der Waals surface area contributed by atoms with E-state index in [9.17, 15) is 0 Å². The van der Waals surface area contributed by atoms with Gasteiger partial charge in [0.25, 0.3) is 0 Å². The molecule has 0 bridgehead atoms. The number of hydrogen-bond donors (Lipinski definition) is 0. The average Bonchev–Trinajstić information content (AvgIpc) is 2.15. The predicted octanol–water partition coefficient (Wildman–Crippen LogP) is 3.93. The molecule has 0 atom stereocenters. The van der Waals surface area contributed by atoms with Gasteiger partial charge in [0.1, 0.15) is 0 Å². The molecule has 0 aromatic heterocycles. The monoisotopic (exact) mass is 223 g/mol. The topological polar surface area (TPSA) is 3.24 Å². The minimum absolute atomic E-state index is 0.510. The van der Waals surface area contributed by atoms with Crippen LogP contribution in [0.25, 0.3) is 0 Å². The van der Waals surface area contributed by atoms with Crippen LogP contribution in [0.15, 0.2) is 0 Å². The van der Waals surface area contributed by atoms with Crippen molar-refractivity contribution >= 4 is 0 Å². The van der Waals surface area contributed by atoms with Gasteiger partial charge in [0.2, 0.25) is 0 Å². The summed E-state index contributed by atoms with van der Waals surface area (Å²) in [6.45, 7) is 11.2. The van der Waals surface area contributed by atoms with Crippen LogP contribution in [0.4, 0.5) is 0 Å². The van der Waals surface area contributed by atoms with E-state index in [4.69, 9.17) is 0 Å². The fraction of sp³-hybridized carbons (Fsp3) is 1.00. The van der Waals surface area contributed by atoms with Crippen LogP contribution in [0.2, 0.25) is 0 Å². The quantitative estimate of drug-likeness (QED) is 0.700. The third-order valence-electron chi connectivity index (χ3n) is 4.48. The maximum absolute atomic E-state index is 2.67. The van der Waals surface area contributed by atoms with E-state index in [2.05, 4.69) is 25.7 Å². The Labute approximate surface area is 102 Å². The molecule has 2 aliphatic rings. The molecule has 0 aromatic rings. The zero-order valence-electron chi connectivity index (χ0n) is 11.5. The Balaban J connectivity index is 1.62. The summed E-state index contributed by atoms with van der Waals surface area (Å²) in [5, 5.41) is 0. The SMILES string of the molecule is CC(C)(C)CCN1CC(C2CCCCC2)C1. The van der Waals surface area contributed by atoms with Crippen molar-refractivity contribution < 1.29 is 0 Å². The van der Waals surface area contributed by atoms with Crippen molar-refractivity contribution in [1.82, 2.24) is 4.90 Å². The van der Waals surface area contributed by atoms with Crippen LogP contribution in [0.5, 0.6) is 0 Å². The molecule has 0 amide bonds. The molecule has 1 heteroatoms. The Morgan fingerprint density at radius 2 is 1.56 bits per heavy atom. The van der Waals surface area contributed by atoms with Crippen LogP contribution in [-0.2, 0) is 0 Å². The molecule has 2 rings (SSSR count). The fourth-order valence-corrected chi connectivity index (χ4v) is 3.19. The molecule has 1 aliphatic carbocycles. The molecule has 2 fully saturated rings. The van der Waals surface area contributed by atoms with E-state index in [0.717, 1.165) is 11.8 Å². The second-order valence-corrected chi connectivity index (χ2v) is 7.23. The smallest absolute Gasteiger partial charge is 0.00247 e. The highest BCUT2D eigenvalue weighted by Crippen LogP contribution is 2.35. The summed E-state index contributed by atoms with van der Waals surface area (Å²) >= 11 is 0. The Hall–Kier alpha value is -0.0400. The molecule has 1 saturated heterocycles. The lowest BCUT2D eigenvalue weighted by atomic mass is 9.76. The van der Waals surface area contributed by atoms with Gasteiger partial charge in [-0.05, 0) is 30.2 Å². The van der Waals surface area contributed by atoms with Crippen LogP contribution < -0.4 is 0 Å². The highest BCUT2D eigenvalue weighted by molar-refractivity contribution is 4.86. The summed E-state index contributed by atoms with van der Waals surface area (Å²) in [7, 11) is 0. The molecule has 1 aliphatic heterocycles. The fourth-order valence-electron chi connectivity index (χ4n) is 3.19. The molecule has 1 nitrogen and oxygen atoms in total. The van der Waals surface area contributed by atoms with Crippen LogP contribution in [0.3, 0.4) is 0 Å². The van der Waals surface area contributed by atoms with E-state index in [1.54, 1.807) is 0 Å². The Morgan fingerprint density at radius 3 is 2.12 bits per heavy atom. The highest BCUT2D eigenvalue weighted by Gasteiger charge is 2.33. The van der Waals surface area contributed by atoms with Crippen LogP contribution in [0, 0.1) is 17.3 Å². The predicted molar refractivity (Wildman–Crippen MR) is 70.6 cm³/mol. The van der Waals surface area contributed by atoms with Crippen molar-refractivity contribution in [3.63, 3.8) is 0 Å².